The molecule has 84 valence electrons. The van der Waals surface area contributed by atoms with E-state index in [1.807, 2.05) is 6.20 Å². The van der Waals surface area contributed by atoms with Gasteiger partial charge in [-0.15, -0.1) is 0 Å². The van der Waals surface area contributed by atoms with Crippen LogP contribution in [0.15, 0.2) is 6.20 Å². The second-order valence-electron chi connectivity index (χ2n) is 4.98. The first-order valence-corrected chi connectivity index (χ1v) is 5.86. The minimum Gasteiger partial charge on any atom is -0.375 e. The smallest absolute Gasteiger partial charge is 0.0783 e. The lowest BCUT2D eigenvalue weighted by atomic mass is 9.82. The average molecular weight is 207 g/mol. The zero-order chi connectivity index (χ0) is 11.0. The molecule has 0 aromatic carbocycles. The monoisotopic (exact) mass is 207 g/mol. The molecule has 1 aromatic heterocycles. The third-order valence-corrected chi connectivity index (χ3v) is 3.28. The van der Waals surface area contributed by atoms with Gasteiger partial charge < -0.3 is 4.90 Å². The SMILES string of the molecule is CC(C)n1ncc(N(C)C)c1C1CCC1. The largest absolute Gasteiger partial charge is 0.375 e. The highest BCUT2D eigenvalue weighted by molar-refractivity contribution is 5.50. The molecular formula is C12H21N3. The topological polar surface area (TPSA) is 21.1 Å². The first kappa shape index (κ1) is 10.5. The summed E-state index contributed by atoms with van der Waals surface area (Å²) in [5.74, 6) is 0.743. The molecule has 2 rings (SSSR count). The quantitative estimate of drug-likeness (QED) is 0.760. The van der Waals surface area contributed by atoms with Gasteiger partial charge in [-0.05, 0) is 26.7 Å². The summed E-state index contributed by atoms with van der Waals surface area (Å²) >= 11 is 0. The fourth-order valence-corrected chi connectivity index (χ4v) is 2.20. The summed E-state index contributed by atoms with van der Waals surface area (Å²) in [4.78, 5) is 2.18. The number of hydrogen-bond acceptors (Lipinski definition) is 2. The van der Waals surface area contributed by atoms with Crippen LogP contribution in [-0.2, 0) is 0 Å². The van der Waals surface area contributed by atoms with Crippen molar-refractivity contribution < 1.29 is 0 Å². The van der Waals surface area contributed by atoms with Crippen molar-refractivity contribution in [3.63, 3.8) is 0 Å². The van der Waals surface area contributed by atoms with E-state index in [-0.39, 0.29) is 0 Å². The van der Waals surface area contributed by atoms with E-state index in [0.717, 1.165) is 5.92 Å². The van der Waals surface area contributed by atoms with Gasteiger partial charge in [0.1, 0.15) is 0 Å². The molecule has 0 atom stereocenters. The molecule has 3 heteroatoms. The van der Waals surface area contributed by atoms with Crippen molar-refractivity contribution in [3.05, 3.63) is 11.9 Å². The van der Waals surface area contributed by atoms with Gasteiger partial charge in [-0.1, -0.05) is 6.42 Å². The van der Waals surface area contributed by atoms with E-state index < -0.39 is 0 Å². The Morgan fingerprint density at radius 1 is 1.40 bits per heavy atom. The van der Waals surface area contributed by atoms with Crippen molar-refractivity contribution in [2.45, 2.75) is 45.1 Å². The van der Waals surface area contributed by atoms with Crippen LogP contribution >= 0.6 is 0 Å². The van der Waals surface area contributed by atoms with Crippen molar-refractivity contribution in [2.75, 3.05) is 19.0 Å². The van der Waals surface area contributed by atoms with Crippen LogP contribution in [0.3, 0.4) is 0 Å². The van der Waals surface area contributed by atoms with Crippen LogP contribution in [0.5, 0.6) is 0 Å². The molecule has 3 nitrogen and oxygen atoms in total. The third kappa shape index (κ3) is 1.75. The van der Waals surface area contributed by atoms with E-state index in [1.165, 1.54) is 30.6 Å². The number of aromatic nitrogens is 2. The molecule has 1 aliphatic rings. The molecule has 0 bridgehead atoms. The summed E-state index contributed by atoms with van der Waals surface area (Å²) in [6.07, 6.45) is 6.05. The summed E-state index contributed by atoms with van der Waals surface area (Å²) in [6.45, 7) is 4.41. The van der Waals surface area contributed by atoms with E-state index in [9.17, 15) is 0 Å². The van der Waals surface area contributed by atoms with Gasteiger partial charge in [-0.2, -0.15) is 5.10 Å². The van der Waals surface area contributed by atoms with Crippen LogP contribution in [0, 0.1) is 0 Å². The van der Waals surface area contributed by atoms with Crippen LogP contribution < -0.4 is 4.90 Å². The van der Waals surface area contributed by atoms with Crippen LogP contribution in [-0.4, -0.2) is 23.9 Å². The highest BCUT2D eigenvalue weighted by Gasteiger charge is 2.27. The Balaban J connectivity index is 2.39. The Morgan fingerprint density at radius 2 is 2.07 bits per heavy atom. The average Bonchev–Trinajstić information content (AvgIpc) is 2.45. The number of hydrogen-bond donors (Lipinski definition) is 0. The molecule has 15 heavy (non-hydrogen) atoms. The van der Waals surface area contributed by atoms with Gasteiger partial charge in [-0.25, -0.2) is 0 Å². The standard InChI is InChI=1S/C12H21N3/c1-9(2)15-12(10-6-5-7-10)11(8-13-15)14(3)4/h8-10H,5-7H2,1-4H3. The van der Waals surface area contributed by atoms with Crippen molar-refractivity contribution in [1.29, 1.82) is 0 Å². The Labute approximate surface area is 92.1 Å². The highest BCUT2D eigenvalue weighted by Crippen LogP contribution is 2.41. The predicted molar refractivity (Wildman–Crippen MR) is 63.5 cm³/mol. The maximum Gasteiger partial charge on any atom is 0.0783 e. The Hall–Kier alpha value is -0.990. The van der Waals surface area contributed by atoms with E-state index in [0.29, 0.717) is 6.04 Å². The first-order chi connectivity index (χ1) is 7.11. The van der Waals surface area contributed by atoms with Gasteiger partial charge in [-0.3, -0.25) is 4.68 Å². The molecule has 0 radical (unpaired) electrons. The van der Waals surface area contributed by atoms with Gasteiger partial charge in [0.2, 0.25) is 0 Å². The normalized spacial score (nSPS) is 16.9. The fourth-order valence-electron chi connectivity index (χ4n) is 2.20. The van der Waals surface area contributed by atoms with E-state index >= 15 is 0 Å². The summed E-state index contributed by atoms with van der Waals surface area (Å²) in [7, 11) is 4.20. The minimum atomic E-state index is 0.467. The Morgan fingerprint density at radius 3 is 2.47 bits per heavy atom. The fraction of sp³-hybridized carbons (Fsp3) is 0.750. The molecule has 1 fully saturated rings. The van der Waals surface area contributed by atoms with Crippen molar-refractivity contribution in [1.82, 2.24) is 9.78 Å². The Kier molecular flexibility index (Phi) is 2.72. The van der Waals surface area contributed by atoms with Gasteiger partial charge in [0, 0.05) is 26.1 Å². The first-order valence-electron chi connectivity index (χ1n) is 5.86. The molecule has 1 aromatic rings. The van der Waals surface area contributed by atoms with E-state index in [2.05, 4.69) is 42.6 Å². The Bertz CT molecular complexity index is 309. The molecule has 0 spiro atoms. The molecule has 0 saturated heterocycles. The van der Waals surface area contributed by atoms with E-state index in [1.54, 1.807) is 0 Å². The minimum absolute atomic E-state index is 0.467. The summed E-state index contributed by atoms with van der Waals surface area (Å²) in [5, 5.41) is 4.51. The molecule has 0 aliphatic heterocycles. The lowest BCUT2D eigenvalue weighted by Crippen LogP contribution is -2.20. The van der Waals surface area contributed by atoms with Crippen molar-refractivity contribution >= 4 is 5.69 Å². The number of anilines is 1. The number of nitrogens with zero attached hydrogens (tertiary/aromatic N) is 3. The molecule has 1 saturated carbocycles. The lowest BCUT2D eigenvalue weighted by Gasteiger charge is -2.29. The summed E-state index contributed by atoms with van der Waals surface area (Å²) < 4.78 is 2.19. The van der Waals surface area contributed by atoms with Gasteiger partial charge >= 0.3 is 0 Å². The van der Waals surface area contributed by atoms with Gasteiger partial charge in [0.25, 0.3) is 0 Å². The molecule has 1 heterocycles. The van der Waals surface area contributed by atoms with E-state index in [4.69, 9.17) is 0 Å². The van der Waals surface area contributed by atoms with Gasteiger partial charge in [0.05, 0.1) is 17.6 Å². The molecule has 0 N–H and O–H groups in total. The molecule has 1 aliphatic carbocycles. The van der Waals surface area contributed by atoms with Crippen LogP contribution in [0.2, 0.25) is 0 Å². The van der Waals surface area contributed by atoms with Crippen LogP contribution in [0.25, 0.3) is 0 Å². The lowest BCUT2D eigenvalue weighted by molar-refractivity contribution is 0.376. The predicted octanol–water partition coefficient (Wildman–Crippen LogP) is 2.80. The zero-order valence-corrected chi connectivity index (χ0v) is 10.2. The molecular weight excluding hydrogens is 186 g/mol. The maximum atomic E-state index is 4.51. The second-order valence-corrected chi connectivity index (χ2v) is 4.98. The summed E-state index contributed by atoms with van der Waals surface area (Å²) in [6, 6.07) is 0.467. The zero-order valence-electron chi connectivity index (χ0n) is 10.2. The molecule has 0 amide bonds. The summed E-state index contributed by atoms with van der Waals surface area (Å²) in [5.41, 5.74) is 2.75. The van der Waals surface area contributed by atoms with Gasteiger partial charge in [0.15, 0.2) is 0 Å². The highest BCUT2D eigenvalue weighted by atomic mass is 15.3. The van der Waals surface area contributed by atoms with Crippen LogP contribution in [0.4, 0.5) is 5.69 Å². The maximum absolute atomic E-state index is 4.51. The number of rotatable bonds is 3. The second kappa shape index (κ2) is 3.87. The third-order valence-electron chi connectivity index (χ3n) is 3.28. The molecule has 0 unspecified atom stereocenters. The van der Waals surface area contributed by atoms with Crippen molar-refractivity contribution in [2.24, 2.45) is 0 Å². The van der Waals surface area contributed by atoms with Crippen LogP contribution in [0.1, 0.15) is 50.8 Å². The van der Waals surface area contributed by atoms with Crippen molar-refractivity contribution in [3.8, 4) is 0 Å².